The lowest BCUT2D eigenvalue weighted by molar-refractivity contribution is 0.104. The van der Waals surface area contributed by atoms with E-state index in [2.05, 4.69) is 0 Å². The molecule has 0 aliphatic rings. The number of rotatable bonds is 3. The van der Waals surface area contributed by atoms with Crippen LogP contribution in [0.2, 0.25) is 0 Å². The summed E-state index contributed by atoms with van der Waals surface area (Å²) in [5.41, 5.74) is 7.25. The van der Waals surface area contributed by atoms with Crippen LogP contribution in [-0.2, 0) is 0 Å². The molecule has 3 nitrogen and oxygen atoms in total. The summed E-state index contributed by atoms with van der Waals surface area (Å²) in [6.07, 6.45) is 1.32. The highest BCUT2D eigenvalue weighted by atomic mass is 16.3. The smallest absolute Gasteiger partial charge is 0.191 e. The fourth-order valence-corrected chi connectivity index (χ4v) is 1.61. The van der Waals surface area contributed by atoms with Crippen molar-refractivity contribution in [1.29, 1.82) is 0 Å². The Morgan fingerprint density at radius 1 is 1.00 bits per heavy atom. The van der Waals surface area contributed by atoms with Gasteiger partial charge in [0, 0.05) is 11.8 Å². The second kappa shape index (κ2) is 5.19. The van der Waals surface area contributed by atoms with Gasteiger partial charge in [-0.1, -0.05) is 42.5 Å². The second-order valence-corrected chi connectivity index (χ2v) is 3.85. The molecule has 0 radical (unpaired) electrons. The maximum atomic E-state index is 11.9. The van der Waals surface area contributed by atoms with E-state index in [1.807, 2.05) is 30.3 Å². The van der Waals surface area contributed by atoms with Crippen molar-refractivity contribution in [2.75, 3.05) is 0 Å². The third-order valence-corrected chi connectivity index (χ3v) is 2.56. The van der Waals surface area contributed by atoms with Gasteiger partial charge in [-0.05, 0) is 17.7 Å². The minimum atomic E-state index is -0.311. The topological polar surface area (TPSA) is 63.3 Å². The van der Waals surface area contributed by atoms with Crippen LogP contribution in [0.15, 0.2) is 60.7 Å². The maximum absolute atomic E-state index is 11.9. The average molecular weight is 239 g/mol. The molecule has 2 aromatic carbocycles. The van der Waals surface area contributed by atoms with Crippen LogP contribution in [0, 0.1) is 0 Å². The molecule has 0 bridgehead atoms. The summed E-state index contributed by atoms with van der Waals surface area (Å²) in [6, 6.07) is 15.6. The number of phenolic OH excluding ortho intramolecular Hbond substituents is 1. The highest BCUT2D eigenvalue weighted by Crippen LogP contribution is 2.18. The molecule has 0 aromatic heterocycles. The van der Waals surface area contributed by atoms with Gasteiger partial charge >= 0.3 is 0 Å². The molecule has 0 saturated carbocycles. The lowest BCUT2D eigenvalue weighted by Crippen LogP contribution is -2.02. The number of aromatic hydroxyl groups is 1. The Kier molecular flexibility index (Phi) is 3.44. The first-order valence-electron chi connectivity index (χ1n) is 5.53. The van der Waals surface area contributed by atoms with Crippen molar-refractivity contribution in [1.82, 2.24) is 0 Å². The summed E-state index contributed by atoms with van der Waals surface area (Å²) in [5, 5.41) is 9.57. The predicted octanol–water partition coefficient (Wildman–Crippen LogP) is 2.57. The Labute approximate surface area is 105 Å². The van der Waals surface area contributed by atoms with Crippen LogP contribution in [0.25, 0.3) is 5.70 Å². The molecule has 0 atom stereocenters. The number of nitrogens with two attached hydrogens (primary N) is 1. The van der Waals surface area contributed by atoms with Crippen molar-refractivity contribution in [2.45, 2.75) is 0 Å². The van der Waals surface area contributed by atoms with Gasteiger partial charge in [-0.3, -0.25) is 4.79 Å². The summed E-state index contributed by atoms with van der Waals surface area (Å²) < 4.78 is 0. The molecular formula is C15H13NO2. The molecule has 0 amide bonds. The number of allylic oxidation sites excluding steroid dienone is 1. The van der Waals surface area contributed by atoms with E-state index >= 15 is 0 Å². The van der Waals surface area contributed by atoms with Crippen molar-refractivity contribution in [3.8, 4) is 5.75 Å². The third-order valence-electron chi connectivity index (χ3n) is 2.56. The van der Waals surface area contributed by atoms with E-state index in [1.165, 1.54) is 12.1 Å². The van der Waals surface area contributed by atoms with Crippen LogP contribution in [0.3, 0.4) is 0 Å². The van der Waals surface area contributed by atoms with Gasteiger partial charge in [0.1, 0.15) is 5.75 Å². The molecule has 2 rings (SSSR count). The van der Waals surface area contributed by atoms with Gasteiger partial charge in [0.15, 0.2) is 5.78 Å². The van der Waals surface area contributed by atoms with Gasteiger partial charge in [0.25, 0.3) is 0 Å². The molecule has 90 valence electrons. The summed E-state index contributed by atoms with van der Waals surface area (Å²) >= 11 is 0. The largest absolute Gasteiger partial charge is 0.507 e. The van der Waals surface area contributed by atoms with Crippen LogP contribution in [0.4, 0.5) is 0 Å². The van der Waals surface area contributed by atoms with Gasteiger partial charge in [-0.15, -0.1) is 0 Å². The van der Waals surface area contributed by atoms with Gasteiger partial charge in [-0.25, -0.2) is 0 Å². The molecule has 0 aliphatic carbocycles. The number of hydrogen-bond acceptors (Lipinski definition) is 3. The first kappa shape index (κ1) is 11.9. The van der Waals surface area contributed by atoms with Crippen LogP contribution in [0.1, 0.15) is 15.9 Å². The van der Waals surface area contributed by atoms with Gasteiger partial charge in [-0.2, -0.15) is 0 Å². The Hall–Kier alpha value is -2.55. The fourth-order valence-electron chi connectivity index (χ4n) is 1.61. The maximum Gasteiger partial charge on any atom is 0.191 e. The predicted molar refractivity (Wildman–Crippen MR) is 71.0 cm³/mol. The Morgan fingerprint density at radius 3 is 2.28 bits per heavy atom. The zero-order valence-corrected chi connectivity index (χ0v) is 9.71. The summed E-state index contributed by atoms with van der Waals surface area (Å²) in [4.78, 5) is 11.9. The standard InChI is InChI=1S/C15H13NO2/c16-13(11-6-2-1-3-7-11)10-15(18)12-8-4-5-9-14(12)17/h1-10,17H,16H2. The van der Waals surface area contributed by atoms with Crippen molar-refractivity contribution < 1.29 is 9.90 Å². The van der Waals surface area contributed by atoms with E-state index < -0.39 is 0 Å². The molecule has 3 N–H and O–H groups in total. The highest BCUT2D eigenvalue weighted by molar-refractivity contribution is 6.09. The first-order chi connectivity index (χ1) is 8.68. The number of benzene rings is 2. The minimum absolute atomic E-state index is 0.0420. The molecular weight excluding hydrogens is 226 g/mol. The van der Waals surface area contributed by atoms with Gasteiger partial charge < -0.3 is 10.8 Å². The zero-order valence-electron chi connectivity index (χ0n) is 9.71. The van der Waals surface area contributed by atoms with Gasteiger partial charge in [0.2, 0.25) is 0 Å². The van der Waals surface area contributed by atoms with E-state index in [-0.39, 0.29) is 17.1 Å². The van der Waals surface area contributed by atoms with Crippen LogP contribution in [-0.4, -0.2) is 10.9 Å². The Bertz CT molecular complexity index is 588. The number of para-hydroxylation sites is 1. The number of carbonyl (C=O) groups excluding carboxylic acids is 1. The van der Waals surface area contributed by atoms with E-state index in [0.29, 0.717) is 5.70 Å². The number of ketones is 1. The Morgan fingerprint density at radius 2 is 1.61 bits per heavy atom. The zero-order chi connectivity index (χ0) is 13.0. The average Bonchev–Trinajstić information content (AvgIpc) is 2.40. The van der Waals surface area contributed by atoms with Gasteiger partial charge in [0.05, 0.1) is 5.56 Å². The minimum Gasteiger partial charge on any atom is -0.507 e. The lowest BCUT2D eigenvalue weighted by Gasteiger charge is -2.02. The van der Waals surface area contributed by atoms with Crippen LogP contribution >= 0.6 is 0 Å². The molecule has 0 saturated heterocycles. The monoisotopic (exact) mass is 239 g/mol. The fraction of sp³-hybridized carbons (Fsp3) is 0. The molecule has 2 aromatic rings. The van der Waals surface area contributed by atoms with E-state index in [4.69, 9.17) is 5.73 Å². The highest BCUT2D eigenvalue weighted by Gasteiger charge is 2.08. The first-order valence-corrected chi connectivity index (χ1v) is 5.53. The molecule has 0 heterocycles. The quantitative estimate of drug-likeness (QED) is 0.639. The number of hydrogen-bond donors (Lipinski definition) is 2. The molecule has 0 aliphatic heterocycles. The number of carbonyl (C=O) groups is 1. The van der Waals surface area contributed by atoms with E-state index in [0.717, 1.165) is 5.56 Å². The summed E-state index contributed by atoms with van der Waals surface area (Å²) in [6.45, 7) is 0. The molecule has 0 unspecified atom stereocenters. The van der Waals surface area contributed by atoms with Crippen LogP contribution < -0.4 is 5.73 Å². The molecule has 18 heavy (non-hydrogen) atoms. The summed E-state index contributed by atoms with van der Waals surface area (Å²) in [7, 11) is 0. The normalized spacial score (nSPS) is 11.2. The third kappa shape index (κ3) is 2.58. The second-order valence-electron chi connectivity index (χ2n) is 3.85. The lowest BCUT2D eigenvalue weighted by atomic mass is 10.1. The van der Waals surface area contributed by atoms with Crippen molar-refractivity contribution >= 4 is 11.5 Å². The SMILES string of the molecule is NC(=CC(=O)c1ccccc1O)c1ccccc1. The molecule has 0 spiro atoms. The van der Waals surface area contributed by atoms with E-state index in [9.17, 15) is 9.90 Å². The van der Waals surface area contributed by atoms with E-state index in [1.54, 1.807) is 18.2 Å². The van der Waals surface area contributed by atoms with Crippen molar-refractivity contribution in [3.63, 3.8) is 0 Å². The molecule has 0 fully saturated rings. The van der Waals surface area contributed by atoms with Crippen LogP contribution in [0.5, 0.6) is 5.75 Å². The van der Waals surface area contributed by atoms with Crippen molar-refractivity contribution in [3.05, 3.63) is 71.8 Å². The molecule has 3 heteroatoms. The summed E-state index contributed by atoms with van der Waals surface area (Å²) in [5.74, 6) is -0.353. The number of phenols is 1. The van der Waals surface area contributed by atoms with Crippen molar-refractivity contribution in [2.24, 2.45) is 5.73 Å². The Balaban J connectivity index is 2.29.